The highest BCUT2D eigenvalue weighted by Gasteiger charge is 2.15. The van der Waals surface area contributed by atoms with Crippen LogP contribution in [0.1, 0.15) is 10.4 Å². The van der Waals surface area contributed by atoms with Crippen LogP contribution in [0.2, 0.25) is 5.02 Å². The van der Waals surface area contributed by atoms with Gasteiger partial charge in [0.2, 0.25) is 0 Å². The topological polar surface area (TPSA) is 37.3 Å². The largest absolute Gasteiger partial charge is 0.478 e. The molecule has 0 saturated heterocycles. The van der Waals surface area contributed by atoms with Crippen LogP contribution in [0.5, 0.6) is 0 Å². The molecule has 0 amide bonds. The zero-order valence-electron chi connectivity index (χ0n) is 9.36. The van der Waals surface area contributed by atoms with Crippen molar-refractivity contribution in [2.24, 2.45) is 0 Å². The van der Waals surface area contributed by atoms with E-state index >= 15 is 0 Å². The summed E-state index contributed by atoms with van der Waals surface area (Å²) in [5.41, 5.74) is -0.426. The number of hydrogen-bond acceptors (Lipinski definition) is 2. The van der Waals surface area contributed by atoms with Gasteiger partial charge in [0.25, 0.3) is 0 Å². The fourth-order valence-electron chi connectivity index (χ4n) is 1.43. The number of carboxylic acids is 1. The maximum atomic E-state index is 13.7. The van der Waals surface area contributed by atoms with Crippen LogP contribution in [0.4, 0.5) is 8.78 Å². The summed E-state index contributed by atoms with van der Waals surface area (Å²) in [4.78, 5) is 11.0. The molecule has 0 aromatic heterocycles. The summed E-state index contributed by atoms with van der Waals surface area (Å²) in [5, 5.41) is 9.14. The molecule has 0 unspecified atom stereocenters. The van der Waals surface area contributed by atoms with Gasteiger partial charge in [0, 0.05) is 9.92 Å². The first-order valence-corrected chi connectivity index (χ1v) is 6.32. The van der Waals surface area contributed by atoms with E-state index in [-0.39, 0.29) is 4.90 Å². The minimum Gasteiger partial charge on any atom is -0.478 e. The number of carbonyl (C=O) groups is 1. The smallest absolute Gasteiger partial charge is 0.335 e. The van der Waals surface area contributed by atoms with Crippen molar-refractivity contribution in [3.05, 3.63) is 58.6 Å². The van der Waals surface area contributed by atoms with Crippen LogP contribution in [0.25, 0.3) is 0 Å². The fraction of sp³-hybridized carbons (Fsp3) is 0. The molecule has 2 aromatic carbocycles. The third-order valence-corrected chi connectivity index (χ3v) is 3.58. The van der Waals surface area contributed by atoms with Gasteiger partial charge in [0.15, 0.2) is 0 Å². The van der Waals surface area contributed by atoms with Crippen LogP contribution in [-0.2, 0) is 0 Å². The molecular weight excluding hydrogens is 294 g/mol. The third-order valence-electron chi connectivity index (χ3n) is 2.26. The quantitative estimate of drug-likeness (QED) is 0.909. The Morgan fingerprint density at radius 3 is 2.32 bits per heavy atom. The molecule has 19 heavy (non-hydrogen) atoms. The first-order valence-electron chi connectivity index (χ1n) is 5.13. The van der Waals surface area contributed by atoms with E-state index in [2.05, 4.69) is 0 Å². The van der Waals surface area contributed by atoms with Gasteiger partial charge in [-0.1, -0.05) is 29.4 Å². The second-order valence-corrected chi connectivity index (χ2v) is 5.15. The van der Waals surface area contributed by atoms with Crippen molar-refractivity contribution in [2.75, 3.05) is 0 Å². The van der Waals surface area contributed by atoms with Gasteiger partial charge in [-0.2, -0.15) is 0 Å². The Morgan fingerprint density at radius 2 is 1.79 bits per heavy atom. The van der Waals surface area contributed by atoms with E-state index < -0.39 is 23.2 Å². The summed E-state index contributed by atoms with van der Waals surface area (Å²) in [5.74, 6) is -3.21. The zero-order chi connectivity index (χ0) is 14.0. The van der Waals surface area contributed by atoms with E-state index in [1.807, 2.05) is 0 Å². The van der Waals surface area contributed by atoms with Gasteiger partial charge in [-0.15, -0.1) is 0 Å². The van der Waals surface area contributed by atoms with Crippen LogP contribution in [-0.4, -0.2) is 11.1 Å². The Morgan fingerprint density at radius 1 is 1.16 bits per heavy atom. The lowest BCUT2D eigenvalue weighted by atomic mass is 10.2. The Bertz CT molecular complexity index is 623. The van der Waals surface area contributed by atoms with Crippen molar-refractivity contribution in [1.29, 1.82) is 0 Å². The molecule has 1 N–H and O–H groups in total. The highest BCUT2D eigenvalue weighted by molar-refractivity contribution is 7.99. The molecule has 2 rings (SSSR count). The first kappa shape index (κ1) is 13.8. The molecular formula is C13H7ClF2O2S. The minimum atomic E-state index is -1.38. The molecule has 0 aliphatic carbocycles. The average Bonchev–Trinajstić information content (AvgIpc) is 2.33. The highest BCUT2D eigenvalue weighted by atomic mass is 35.5. The number of benzene rings is 2. The molecule has 2 nitrogen and oxygen atoms in total. The summed E-state index contributed by atoms with van der Waals surface area (Å²) in [7, 11) is 0. The number of carboxylic acid groups (broad SMARTS) is 1. The van der Waals surface area contributed by atoms with E-state index in [1.165, 1.54) is 0 Å². The van der Waals surface area contributed by atoms with Crippen molar-refractivity contribution in [3.63, 3.8) is 0 Å². The van der Waals surface area contributed by atoms with Gasteiger partial charge in [-0.3, -0.25) is 0 Å². The lowest BCUT2D eigenvalue weighted by Crippen LogP contribution is -2.00. The predicted octanol–water partition coefficient (Wildman–Crippen LogP) is 4.47. The molecule has 98 valence electrons. The summed E-state index contributed by atoms with van der Waals surface area (Å²) < 4.78 is 27.4. The molecule has 0 aliphatic heterocycles. The Labute approximate surface area is 117 Å². The summed E-state index contributed by atoms with van der Waals surface area (Å²) in [6.45, 7) is 0. The van der Waals surface area contributed by atoms with Crippen molar-refractivity contribution in [2.45, 2.75) is 9.79 Å². The normalized spacial score (nSPS) is 10.5. The van der Waals surface area contributed by atoms with Crippen molar-refractivity contribution in [1.82, 2.24) is 0 Å². The van der Waals surface area contributed by atoms with E-state index in [0.29, 0.717) is 9.92 Å². The molecule has 0 saturated carbocycles. The second kappa shape index (κ2) is 5.59. The Kier molecular flexibility index (Phi) is 4.07. The molecule has 0 spiro atoms. The van der Waals surface area contributed by atoms with Crippen molar-refractivity contribution in [3.8, 4) is 0 Å². The van der Waals surface area contributed by atoms with Gasteiger partial charge in [0.05, 0.1) is 10.5 Å². The van der Waals surface area contributed by atoms with Gasteiger partial charge >= 0.3 is 5.97 Å². The average molecular weight is 301 g/mol. The predicted molar refractivity (Wildman–Crippen MR) is 68.9 cm³/mol. The number of aromatic carboxylic acids is 1. The number of halogens is 3. The number of rotatable bonds is 3. The van der Waals surface area contributed by atoms with E-state index in [1.54, 1.807) is 24.3 Å². The van der Waals surface area contributed by atoms with Crippen LogP contribution in [0, 0.1) is 11.6 Å². The van der Waals surface area contributed by atoms with E-state index in [9.17, 15) is 13.6 Å². The highest BCUT2D eigenvalue weighted by Crippen LogP contribution is 2.33. The van der Waals surface area contributed by atoms with Gasteiger partial charge in [0.1, 0.15) is 11.6 Å². The van der Waals surface area contributed by atoms with Crippen molar-refractivity contribution < 1.29 is 18.7 Å². The van der Waals surface area contributed by atoms with Gasteiger partial charge < -0.3 is 5.11 Å². The molecule has 0 heterocycles. The molecule has 6 heteroatoms. The molecule has 0 fully saturated rings. The van der Waals surface area contributed by atoms with Crippen LogP contribution in [0.3, 0.4) is 0 Å². The molecule has 0 radical (unpaired) electrons. The summed E-state index contributed by atoms with van der Waals surface area (Å²) in [6, 6.07) is 8.10. The van der Waals surface area contributed by atoms with Crippen LogP contribution in [0.15, 0.2) is 46.2 Å². The second-order valence-electron chi connectivity index (χ2n) is 3.63. The molecule has 0 aliphatic rings. The number of hydrogen-bond donors (Lipinski definition) is 1. The third kappa shape index (κ3) is 3.24. The minimum absolute atomic E-state index is 0.257. The molecule has 0 bridgehead atoms. The van der Waals surface area contributed by atoms with E-state index in [0.717, 1.165) is 23.9 Å². The monoisotopic (exact) mass is 300 g/mol. The standard InChI is InChI=1S/C13H7ClF2O2S/c14-8-2-1-3-9(6-8)19-12-10(15)4-7(13(17)18)5-11(12)16/h1-6H,(H,17,18). The van der Waals surface area contributed by atoms with Crippen LogP contribution < -0.4 is 0 Å². The summed E-state index contributed by atoms with van der Waals surface area (Å²) in [6.07, 6.45) is 0. The SMILES string of the molecule is O=C(O)c1cc(F)c(Sc2cccc(Cl)c2)c(F)c1. The lowest BCUT2D eigenvalue weighted by Gasteiger charge is -2.06. The maximum Gasteiger partial charge on any atom is 0.335 e. The molecule has 2 aromatic rings. The lowest BCUT2D eigenvalue weighted by molar-refractivity contribution is 0.0695. The van der Waals surface area contributed by atoms with Gasteiger partial charge in [-0.05, 0) is 30.3 Å². The Balaban J connectivity index is 2.38. The first-order chi connectivity index (χ1) is 8.97. The van der Waals surface area contributed by atoms with Crippen molar-refractivity contribution >= 4 is 29.3 Å². The molecule has 0 atom stereocenters. The van der Waals surface area contributed by atoms with Gasteiger partial charge in [-0.25, -0.2) is 13.6 Å². The Hall–Kier alpha value is -1.59. The fourth-order valence-corrected chi connectivity index (χ4v) is 2.57. The van der Waals surface area contributed by atoms with Crippen LogP contribution >= 0.6 is 23.4 Å². The maximum absolute atomic E-state index is 13.7. The van der Waals surface area contributed by atoms with E-state index in [4.69, 9.17) is 16.7 Å². The zero-order valence-corrected chi connectivity index (χ0v) is 10.9. The summed E-state index contributed by atoms with van der Waals surface area (Å²) >= 11 is 6.63.